The number of furan rings is 1. The number of nitrogens with one attached hydrogen (secondary N) is 1. The van der Waals surface area contributed by atoms with Crippen molar-refractivity contribution in [3.63, 3.8) is 0 Å². The topological polar surface area (TPSA) is 38.1 Å². The molecule has 1 atom stereocenters. The van der Waals surface area contributed by atoms with Gasteiger partial charge in [0.15, 0.2) is 0 Å². The number of hydrogen-bond donors (Lipinski definition) is 1. The fourth-order valence-corrected chi connectivity index (χ4v) is 1.93. The summed E-state index contributed by atoms with van der Waals surface area (Å²) in [7, 11) is 0. The van der Waals surface area contributed by atoms with E-state index in [9.17, 15) is 0 Å². The van der Waals surface area contributed by atoms with Gasteiger partial charge < -0.3 is 9.73 Å². The molecule has 0 bridgehead atoms. The molecule has 0 aliphatic rings. The molecule has 0 saturated heterocycles. The monoisotopic (exact) mass is 244 g/mol. The molecule has 1 unspecified atom stereocenters. The molecule has 0 saturated carbocycles. The molecule has 1 N–H and O–H groups in total. The van der Waals surface area contributed by atoms with Crippen LogP contribution >= 0.6 is 0 Å². The van der Waals surface area contributed by atoms with Crippen LogP contribution in [-0.4, -0.2) is 17.6 Å². The molecule has 0 spiro atoms. The Morgan fingerprint density at radius 2 is 2.06 bits per heavy atom. The fraction of sp³-hybridized carbons (Fsp3) is 0.400. The molecule has 18 heavy (non-hydrogen) atoms. The van der Waals surface area contributed by atoms with E-state index in [4.69, 9.17) is 4.42 Å². The zero-order chi connectivity index (χ0) is 12.6. The predicted octanol–water partition coefficient (Wildman–Crippen LogP) is 2.83. The maximum atomic E-state index is 5.32. The van der Waals surface area contributed by atoms with Gasteiger partial charge in [0.2, 0.25) is 0 Å². The highest BCUT2D eigenvalue weighted by Crippen LogP contribution is 2.05. The average Bonchev–Trinajstić information content (AvgIpc) is 2.91. The van der Waals surface area contributed by atoms with E-state index in [1.165, 1.54) is 5.56 Å². The maximum Gasteiger partial charge on any atom is 0.103 e. The van der Waals surface area contributed by atoms with E-state index in [0.29, 0.717) is 6.04 Å². The van der Waals surface area contributed by atoms with Crippen molar-refractivity contribution in [1.82, 2.24) is 10.3 Å². The minimum Gasteiger partial charge on any atom is -0.469 e. The van der Waals surface area contributed by atoms with Gasteiger partial charge in [0.05, 0.1) is 6.26 Å². The first-order valence-electron chi connectivity index (χ1n) is 6.49. The van der Waals surface area contributed by atoms with Gasteiger partial charge in [-0.2, -0.15) is 0 Å². The molecule has 0 fully saturated rings. The van der Waals surface area contributed by atoms with E-state index >= 15 is 0 Å². The Bertz CT molecular complexity index is 425. The molecule has 0 radical (unpaired) electrons. The van der Waals surface area contributed by atoms with Gasteiger partial charge >= 0.3 is 0 Å². The van der Waals surface area contributed by atoms with Crippen LogP contribution in [0.3, 0.4) is 0 Å². The minimum absolute atomic E-state index is 0.511. The summed E-state index contributed by atoms with van der Waals surface area (Å²) in [5, 5.41) is 3.53. The van der Waals surface area contributed by atoms with Gasteiger partial charge in [-0.05, 0) is 56.1 Å². The van der Waals surface area contributed by atoms with Crippen LogP contribution in [0.5, 0.6) is 0 Å². The summed E-state index contributed by atoms with van der Waals surface area (Å²) in [5.41, 5.74) is 1.33. The van der Waals surface area contributed by atoms with Crippen molar-refractivity contribution in [2.45, 2.75) is 32.2 Å². The largest absolute Gasteiger partial charge is 0.469 e. The summed E-state index contributed by atoms with van der Waals surface area (Å²) in [6.07, 6.45) is 8.57. The lowest BCUT2D eigenvalue weighted by Crippen LogP contribution is -2.28. The van der Waals surface area contributed by atoms with Crippen molar-refractivity contribution >= 4 is 0 Å². The molecule has 2 aromatic rings. The van der Waals surface area contributed by atoms with Crippen LogP contribution in [0.2, 0.25) is 0 Å². The number of pyridine rings is 1. The van der Waals surface area contributed by atoms with Crippen molar-refractivity contribution in [3.05, 3.63) is 54.2 Å². The molecule has 0 amide bonds. The van der Waals surface area contributed by atoms with Crippen LogP contribution in [0.15, 0.2) is 47.3 Å². The Labute approximate surface area is 108 Å². The highest BCUT2D eigenvalue weighted by atomic mass is 16.3. The lowest BCUT2D eigenvalue weighted by molar-refractivity contribution is 0.462. The van der Waals surface area contributed by atoms with E-state index in [1.54, 1.807) is 6.26 Å². The molecule has 96 valence electrons. The normalized spacial score (nSPS) is 12.5. The first-order valence-corrected chi connectivity index (χ1v) is 6.49. The van der Waals surface area contributed by atoms with Gasteiger partial charge in [0.1, 0.15) is 5.76 Å². The summed E-state index contributed by atoms with van der Waals surface area (Å²) >= 11 is 0. The first-order chi connectivity index (χ1) is 8.84. The van der Waals surface area contributed by atoms with E-state index in [2.05, 4.69) is 29.4 Å². The third-order valence-electron chi connectivity index (χ3n) is 3.06. The third-order valence-corrected chi connectivity index (χ3v) is 3.06. The van der Waals surface area contributed by atoms with Crippen LogP contribution in [0.25, 0.3) is 0 Å². The van der Waals surface area contributed by atoms with Gasteiger partial charge in [0.25, 0.3) is 0 Å². The van der Waals surface area contributed by atoms with Gasteiger partial charge in [0, 0.05) is 24.9 Å². The van der Waals surface area contributed by atoms with Crippen molar-refractivity contribution in [2.24, 2.45) is 0 Å². The van der Waals surface area contributed by atoms with Crippen LogP contribution in [0.4, 0.5) is 0 Å². The maximum absolute atomic E-state index is 5.32. The molecule has 3 heteroatoms. The Kier molecular flexibility index (Phi) is 4.97. The zero-order valence-corrected chi connectivity index (χ0v) is 10.8. The zero-order valence-electron chi connectivity index (χ0n) is 10.8. The smallest absolute Gasteiger partial charge is 0.103 e. The highest BCUT2D eigenvalue weighted by molar-refractivity contribution is 5.09. The Hall–Kier alpha value is -1.61. The molecule has 2 rings (SSSR count). The number of aryl methyl sites for hydroxylation is 1. The van der Waals surface area contributed by atoms with Crippen molar-refractivity contribution in [1.29, 1.82) is 0 Å². The van der Waals surface area contributed by atoms with E-state index in [0.717, 1.165) is 31.6 Å². The summed E-state index contributed by atoms with van der Waals surface area (Å²) in [6.45, 7) is 3.22. The molecule has 0 aliphatic carbocycles. The third kappa shape index (κ3) is 4.34. The quantitative estimate of drug-likeness (QED) is 0.814. The molecular weight excluding hydrogens is 224 g/mol. The standard InChI is InChI=1S/C15H20N2O/c1-13(4-5-15-3-2-12-18-15)17-11-8-14-6-9-16-10-7-14/h2-3,6-7,9-10,12-13,17H,4-5,8,11H2,1H3. The van der Waals surface area contributed by atoms with Crippen molar-refractivity contribution < 1.29 is 4.42 Å². The van der Waals surface area contributed by atoms with Gasteiger partial charge in [-0.1, -0.05) is 0 Å². The van der Waals surface area contributed by atoms with Gasteiger partial charge in [-0.15, -0.1) is 0 Å². The second kappa shape index (κ2) is 6.97. The molecule has 0 aromatic carbocycles. The number of aromatic nitrogens is 1. The second-order valence-electron chi connectivity index (χ2n) is 4.58. The molecule has 0 aliphatic heterocycles. The van der Waals surface area contributed by atoms with Crippen LogP contribution in [0.1, 0.15) is 24.7 Å². The summed E-state index contributed by atoms with van der Waals surface area (Å²) < 4.78 is 5.32. The van der Waals surface area contributed by atoms with E-state index in [-0.39, 0.29) is 0 Å². The molecule has 3 nitrogen and oxygen atoms in total. The average molecular weight is 244 g/mol. The van der Waals surface area contributed by atoms with Gasteiger partial charge in [-0.3, -0.25) is 4.98 Å². The number of nitrogens with zero attached hydrogens (tertiary/aromatic N) is 1. The lowest BCUT2D eigenvalue weighted by Gasteiger charge is -2.12. The first kappa shape index (κ1) is 12.8. The van der Waals surface area contributed by atoms with E-state index < -0.39 is 0 Å². The Morgan fingerprint density at radius 3 is 2.78 bits per heavy atom. The lowest BCUT2D eigenvalue weighted by atomic mass is 10.1. The SMILES string of the molecule is CC(CCc1ccco1)NCCc1ccncc1. The van der Waals surface area contributed by atoms with Crippen molar-refractivity contribution in [3.8, 4) is 0 Å². The summed E-state index contributed by atoms with van der Waals surface area (Å²) in [5.74, 6) is 1.07. The number of hydrogen-bond acceptors (Lipinski definition) is 3. The summed E-state index contributed by atoms with van der Waals surface area (Å²) in [6, 6.07) is 8.61. The molecule has 2 aromatic heterocycles. The molecule has 2 heterocycles. The van der Waals surface area contributed by atoms with E-state index in [1.807, 2.05) is 24.5 Å². The molecular formula is C15H20N2O. The van der Waals surface area contributed by atoms with Crippen LogP contribution < -0.4 is 5.32 Å². The Morgan fingerprint density at radius 1 is 1.22 bits per heavy atom. The fourth-order valence-electron chi connectivity index (χ4n) is 1.93. The summed E-state index contributed by atoms with van der Waals surface area (Å²) in [4.78, 5) is 4.02. The second-order valence-corrected chi connectivity index (χ2v) is 4.58. The Balaban J connectivity index is 1.61. The minimum atomic E-state index is 0.511. The highest BCUT2D eigenvalue weighted by Gasteiger charge is 2.03. The number of rotatable bonds is 7. The van der Waals surface area contributed by atoms with Crippen molar-refractivity contribution in [2.75, 3.05) is 6.54 Å². The van der Waals surface area contributed by atoms with Crippen LogP contribution in [-0.2, 0) is 12.8 Å². The van der Waals surface area contributed by atoms with Crippen LogP contribution in [0, 0.1) is 0 Å². The van der Waals surface area contributed by atoms with Gasteiger partial charge in [-0.25, -0.2) is 0 Å². The predicted molar refractivity (Wildman–Crippen MR) is 72.4 cm³/mol.